The zero-order chi connectivity index (χ0) is 17.6. The number of carbonyl (C=O) groups is 2. The molecule has 4 rings (SSSR count). The van der Waals surface area contributed by atoms with Gasteiger partial charge < -0.3 is 9.80 Å². The van der Waals surface area contributed by atoms with Crippen LogP contribution in [0.4, 0.5) is 15.8 Å². The number of likely N-dealkylation sites (N-methyl/N-ethyl adjacent to an activating group) is 1. The number of fused-ring (bicyclic) bond motifs is 1. The maximum absolute atomic E-state index is 14.7. The molecule has 5 nitrogen and oxygen atoms in total. The van der Waals surface area contributed by atoms with E-state index < -0.39 is 17.6 Å². The standard InChI is InChI=1S/C19H18FN3O2/c1-21-9-11-22(12-10-21)17-15(20)7-4-8-16(17)23-18(24)13-5-2-3-6-14(13)19(23)25/h2-8H,9-12H2,1H3. The molecule has 1 saturated heterocycles. The van der Waals surface area contributed by atoms with Crippen LogP contribution >= 0.6 is 0 Å². The Balaban J connectivity index is 1.78. The number of piperazine rings is 1. The van der Waals surface area contributed by atoms with E-state index in [2.05, 4.69) is 4.90 Å². The monoisotopic (exact) mass is 339 g/mol. The second-order valence-electron chi connectivity index (χ2n) is 6.39. The van der Waals surface area contributed by atoms with Crippen LogP contribution in [0.25, 0.3) is 0 Å². The highest BCUT2D eigenvalue weighted by atomic mass is 19.1. The Morgan fingerprint density at radius 2 is 1.44 bits per heavy atom. The van der Waals surface area contributed by atoms with E-state index in [1.807, 2.05) is 11.9 Å². The fraction of sp³-hybridized carbons (Fsp3) is 0.263. The molecule has 0 N–H and O–H groups in total. The van der Waals surface area contributed by atoms with Crippen LogP contribution in [-0.4, -0.2) is 49.9 Å². The lowest BCUT2D eigenvalue weighted by Crippen LogP contribution is -2.45. The van der Waals surface area contributed by atoms with Crippen molar-refractivity contribution in [3.05, 3.63) is 59.4 Å². The van der Waals surface area contributed by atoms with Gasteiger partial charge in [-0.1, -0.05) is 18.2 Å². The van der Waals surface area contributed by atoms with Crippen molar-refractivity contribution in [1.82, 2.24) is 4.90 Å². The van der Waals surface area contributed by atoms with Gasteiger partial charge in [0, 0.05) is 26.2 Å². The van der Waals surface area contributed by atoms with Gasteiger partial charge >= 0.3 is 0 Å². The van der Waals surface area contributed by atoms with Crippen LogP contribution in [0.3, 0.4) is 0 Å². The largest absolute Gasteiger partial charge is 0.365 e. The average molecular weight is 339 g/mol. The molecule has 0 saturated carbocycles. The molecule has 25 heavy (non-hydrogen) atoms. The molecule has 128 valence electrons. The van der Waals surface area contributed by atoms with Crippen molar-refractivity contribution >= 4 is 23.2 Å². The third-order valence-electron chi connectivity index (χ3n) is 4.82. The highest BCUT2D eigenvalue weighted by molar-refractivity contribution is 6.35. The molecule has 0 aromatic heterocycles. The number of nitrogens with zero attached hydrogens (tertiary/aromatic N) is 3. The van der Waals surface area contributed by atoms with Gasteiger partial charge in [-0.15, -0.1) is 0 Å². The molecular weight excluding hydrogens is 321 g/mol. The molecule has 0 radical (unpaired) electrons. The smallest absolute Gasteiger partial charge is 0.266 e. The van der Waals surface area contributed by atoms with Gasteiger partial charge in [0.25, 0.3) is 11.8 Å². The number of halogens is 1. The van der Waals surface area contributed by atoms with Crippen molar-refractivity contribution in [3.63, 3.8) is 0 Å². The molecule has 2 amide bonds. The Morgan fingerprint density at radius 3 is 2.04 bits per heavy atom. The predicted molar refractivity (Wildman–Crippen MR) is 93.7 cm³/mol. The molecule has 0 unspecified atom stereocenters. The molecule has 0 aliphatic carbocycles. The molecule has 0 bridgehead atoms. The highest BCUT2D eigenvalue weighted by Gasteiger charge is 2.38. The van der Waals surface area contributed by atoms with Gasteiger partial charge in [-0.05, 0) is 31.3 Å². The summed E-state index contributed by atoms with van der Waals surface area (Å²) in [4.78, 5) is 30.7. The summed E-state index contributed by atoms with van der Waals surface area (Å²) in [5, 5.41) is 0. The molecule has 2 aliphatic heterocycles. The number of imide groups is 1. The number of hydrogen-bond acceptors (Lipinski definition) is 4. The minimum atomic E-state index is -0.418. The first kappa shape index (κ1) is 15.8. The molecule has 2 aromatic rings. The van der Waals surface area contributed by atoms with Gasteiger partial charge in [0.15, 0.2) is 0 Å². The normalized spacial score (nSPS) is 18.0. The number of rotatable bonds is 2. The zero-order valence-electron chi connectivity index (χ0n) is 13.9. The van der Waals surface area contributed by atoms with Crippen LogP contribution in [0.5, 0.6) is 0 Å². The van der Waals surface area contributed by atoms with Crippen LogP contribution in [0.1, 0.15) is 20.7 Å². The van der Waals surface area contributed by atoms with E-state index in [0.29, 0.717) is 35.6 Å². The summed E-state index contributed by atoms with van der Waals surface area (Å²) in [6.07, 6.45) is 0. The quantitative estimate of drug-likeness (QED) is 0.788. The molecule has 6 heteroatoms. The van der Waals surface area contributed by atoms with Crippen molar-refractivity contribution in [2.75, 3.05) is 43.0 Å². The predicted octanol–water partition coefficient (Wildman–Crippen LogP) is 2.38. The Morgan fingerprint density at radius 1 is 0.840 bits per heavy atom. The highest BCUT2D eigenvalue weighted by Crippen LogP contribution is 2.37. The van der Waals surface area contributed by atoms with E-state index in [-0.39, 0.29) is 0 Å². The number of amides is 2. The zero-order valence-corrected chi connectivity index (χ0v) is 13.9. The molecule has 1 fully saturated rings. The van der Waals surface area contributed by atoms with Gasteiger partial charge in [0.2, 0.25) is 0 Å². The summed E-state index contributed by atoms with van der Waals surface area (Å²) in [6.45, 7) is 2.90. The van der Waals surface area contributed by atoms with E-state index >= 15 is 0 Å². The van der Waals surface area contributed by atoms with Crippen molar-refractivity contribution in [1.29, 1.82) is 0 Å². The van der Waals surface area contributed by atoms with Crippen molar-refractivity contribution in [3.8, 4) is 0 Å². The Kier molecular flexibility index (Phi) is 3.77. The summed E-state index contributed by atoms with van der Waals surface area (Å²) in [6, 6.07) is 11.2. The summed E-state index contributed by atoms with van der Waals surface area (Å²) >= 11 is 0. The summed E-state index contributed by atoms with van der Waals surface area (Å²) in [5.41, 5.74) is 1.36. The van der Waals surface area contributed by atoms with Crippen LogP contribution in [0, 0.1) is 5.82 Å². The number of benzene rings is 2. The van der Waals surface area contributed by atoms with E-state index in [1.54, 1.807) is 30.3 Å². The average Bonchev–Trinajstić information content (AvgIpc) is 2.87. The van der Waals surface area contributed by atoms with Crippen LogP contribution in [0.2, 0.25) is 0 Å². The number of para-hydroxylation sites is 1. The van der Waals surface area contributed by atoms with Crippen molar-refractivity contribution in [2.45, 2.75) is 0 Å². The van der Waals surface area contributed by atoms with Gasteiger partial charge in [0.1, 0.15) is 5.82 Å². The molecule has 2 heterocycles. The second kappa shape index (κ2) is 5.97. The van der Waals surface area contributed by atoms with Gasteiger partial charge in [-0.25, -0.2) is 9.29 Å². The summed E-state index contributed by atoms with van der Waals surface area (Å²) < 4.78 is 14.7. The van der Waals surface area contributed by atoms with E-state index in [9.17, 15) is 14.0 Å². The fourth-order valence-electron chi connectivity index (χ4n) is 3.44. The molecule has 0 spiro atoms. The first-order valence-electron chi connectivity index (χ1n) is 8.28. The van der Waals surface area contributed by atoms with E-state index in [1.165, 1.54) is 12.1 Å². The van der Waals surface area contributed by atoms with Gasteiger partial charge in [-0.3, -0.25) is 9.59 Å². The Hall–Kier alpha value is -2.73. The molecule has 2 aliphatic rings. The maximum atomic E-state index is 14.7. The van der Waals surface area contributed by atoms with Crippen LogP contribution < -0.4 is 9.80 Å². The van der Waals surface area contributed by atoms with Gasteiger partial charge in [-0.2, -0.15) is 0 Å². The first-order chi connectivity index (χ1) is 12.1. The van der Waals surface area contributed by atoms with Crippen molar-refractivity contribution < 1.29 is 14.0 Å². The lowest BCUT2D eigenvalue weighted by Gasteiger charge is -2.36. The van der Waals surface area contributed by atoms with Gasteiger partial charge in [0.05, 0.1) is 22.5 Å². The molecule has 0 atom stereocenters. The lowest BCUT2D eigenvalue weighted by atomic mass is 10.1. The number of carbonyl (C=O) groups excluding carboxylic acids is 2. The van der Waals surface area contributed by atoms with Crippen molar-refractivity contribution in [2.24, 2.45) is 0 Å². The molecular formula is C19H18FN3O2. The third-order valence-corrected chi connectivity index (χ3v) is 4.82. The lowest BCUT2D eigenvalue weighted by molar-refractivity contribution is 0.0926. The Bertz CT molecular complexity index is 824. The summed E-state index contributed by atoms with van der Waals surface area (Å²) in [7, 11) is 2.02. The third kappa shape index (κ3) is 2.49. The summed E-state index contributed by atoms with van der Waals surface area (Å²) in [5.74, 6) is -1.22. The van der Waals surface area contributed by atoms with Crippen LogP contribution in [-0.2, 0) is 0 Å². The maximum Gasteiger partial charge on any atom is 0.266 e. The Labute approximate surface area is 145 Å². The minimum absolute atomic E-state index is 0.316. The fourth-order valence-corrected chi connectivity index (χ4v) is 3.44. The first-order valence-corrected chi connectivity index (χ1v) is 8.28. The van der Waals surface area contributed by atoms with Crippen LogP contribution in [0.15, 0.2) is 42.5 Å². The van der Waals surface area contributed by atoms with E-state index in [0.717, 1.165) is 18.0 Å². The minimum Gasteiger partial charge on any atom is -0.365 e. The number of anilines is 2. The topological polar surface area (TPSA) is 43.9 Å². The second-order valence-corrected chi connectivity index (χ2v) is 6.39. The SMILES string of the molecule is CN1CCN(c2c(F)cccc2N2C(=O)c3ccccc3C2=O)CC1. The molecule has 2 aromatic carbocycles. The number of hydrogen-bond donors (Lipinski definition) is 0. The van der Waals surface area contributed by atoms with E-state index in [4.69, 9.17) is 0 Å².